The zero-order chi connectivity index (χ0) is 6.28. The standard InChI is InChI=1S/CH2AsO2.Mn.2O/c2-1(3)4;;;/h2H,(H,3,4);;;. The Balaban J connectivity index is 0. The molecule has 1 radical (unpaired) electrons. The maximum atomic E-state index is 9.00. The first kappa shape index (κ1) is 10.2. The fraction of sp³-hybridized carbons (Fsp3) is 0. The molecule has 7 heavy (non-hydrogen) atoms. The molecule has 0 rings (SSSR count). The molecule has 0 aliphatic heterocycles. The molecule has 0 spiro atoms. The van der Waals surface area contributed by atoms with Gasteiger partial charge in [-0.3, -0.25) is 0 Å². The van der Waals surface area contributed by atoms with Crippen molar-refractivity contribution in [2.24, 2.45) is 0 Å². The minimum atomic E-state index is -1.44. The Morgan fingerprint density at radius 2 is 1.57 bits per heavy atom. The molecule has 0 atom stereocenters. The van der Waals surface area contributed by atoms with Crippen molar-refractivity contribution in [3.63, 3.8) is 0 Å². The second kappa shape index (κ2) is 9.47. The quantitative estimate of drug-likeness (QED) is 0.535. The van der Waals surface area contributed by atoms with Gasteiger partial charge in [0.2, 0.25) is 0 Å². The van der Waals surface area contributed by atoms with Crippen LogP contribution in [0.15, 0.2) is 0 Å². The van der Waals surface area contributed by atoms with Crippen LogP contribution in [0.4, 0.5) is 4.79 Å². The molecule has 0 aromatic carbocycles. The molecule has 0 saturated heterocycles. The van der Waals surface area contributed by atoms with Gasteiger partial charge in [-0.1, -0.05) is 0 Å². The van der Waals surface area contributed by atoms with Crippen molar-refractivity contribution >= 4 is 21.6 Å². The van der Waals surface area contributed by atoms with Gasteiger partial charge in [-0.2, -0.15) is 0 Å². The van der Waals surface area contributed by atoms with Crippen LogP contribution in [0.2, 0.25) is 0 Å². The summed E-state index contributed by atoms with van der Waals surface area (Å²) in [7, 11) is 0. The summed E-state index contributed by atoms with van der Waals surface area (Å²) in [5, 5.41) is 7.42. The molecule has 0 unspecified atom stereocenters. The molecule has 0 aromatic heterocycles. The Morgan fingerprint density at radius 3 is 1.57 bits per heavy atom. The average molecular weight is 208 g/mol. The van der Waals surface area contributed by atoms with Crippen molar-refractivity contribution in [2.75, 3.05) is 0 Å². The maximum absolute atomic E-state index is 9.00. The summed E-state index contributed by atoms with van der Waals surface area (Å²) in [5.74, 6) is 0. The third-order valence-corrected chi connectivity index (χ3v) is 0. The SMILES string of the molecule is O=C(O)[AsH].[O]=[Mn]=[O]. The zero-order valence-electron chi connectivity index (χ0n) is 3.05. The van der Waals surface area contributed by atoms with Crippen LogP contribution in [0.25, 0.3) is 0 Å². The van der Waals surface area contributed by atoms with Crippen molar-refractivity contribution in [3.8, 4) is 0 Å². The Hall–Kier alpha value is 0.148. The van der Waals surface area contributed by atoms with Gasteiger partial charge in [-0.05, 0) is 0 Å². The van der Waals surface area contributed by atoms with E-state index in [1.165, 1.54) is 0 Å². The van der Waals surface area contributed by atoms with E-state index >= 15 is 0 Å². The number of hydrogen-bond donors (Lipinski definition) is 1. The monoisotopic (exact) mass is 208 g/mol. The summed E-state index contributed by atoms with van der Waals surface area (Å²) in [5.41, 5.74) is 0. The molecule has 6 heteroatoms. The predicted octanol–water partition coefficient (Wildman–Crippen LogP) is -0.675. The van der Waals surface area contributed by atoms with E-state index < -0.39 is 19.6 Å². The molecule has 0 aliphatic carbocycles. The topological polar surface area (TPSA) is 71.4 Å². The molecule has 1 N–H and O–H groups in total. The van der Waals surface area contributed by atoms with E-state index in [0.717, 1.165) is 16.9 Å². The molecule has 0 bridgehead atoms. The summed E-state index contributed by atoms with van der Waals surface area (Å²) in [4.78, 5) is 9.00. The van der Waals surface area contributed by atoms with Gasteiger partial charge in [0.15, 0.2) is 0 Å². The van der Waals surface area contributed by atoms with Crippen LogP contribution >= 0.6 is 0 Å². The van der Waals surface area contributed by atoms with Crippen LogP contribution in [0, 0.1) is 0 Å². The molecular formula is CH2AsMnO4. The van der Waals surface area contributed by atoms with Gasteiger partial charge in [0.05, 0.1) is 0 Å². The molecule has 0 heterocycles. The summed E-state index contributed by atoms with van der Waals surface area (Å²) in [6.07, 6.45) is 0. The van der Waals surface area contributed by atoms with Gasteiger partial charge < -0.3 is 0 Å². The van der Waals surface area contributed by atoms with Gasteiger partial charge in [0.1, 0.15) is 0 Å². The molecule has 0 fully saturated rings. The van der Waals surface area contributed by atoms with Gasteiger partial charge in [-0.25, -0.2) is 0 Å². The second-order valence-electron chi connectivity index (χ2n) is 0.368. The summed E-state index contributed by atoms with van der Waals surface area (Å²) in [6, 6.07) is 0. The van der Waals surface area contributed by atoms with Crippen molar-refractivity contribution in [1.82, 2.24) is 0 Å². The van der Waals surface area contributed by atoms with E-state index in [2.05, 4.69) is 0 Å². The second-order valence-corrected chi connectivity index (χ2v) is 1.46. The molecule has 0 saturated carbocycles. The third-order valence-electron chi connectivity index (χ3n) is 0. The van der Waals surface area contributed by atoms with Crippen LogP contribution in [0.1, 0.15) is 0 Å². The molecule has 0 amide bonds. The van der Waals surface area contributed by atoms with Crippen molar-refractivity contribution in [2.45, 2.75) is 0 Å². The molecular weight excluding hydrogens is 206 g/mol. The minimum absolute atomic E-state index is 0.833. The Labute approximate surface area is 54.3 Å². The fourth-order valence-electron chi connectivity index (χ4n) is 0. The summed E-state index contributed by atoms with van der Waals surface area (Å²) < 4.78 is 16.0. The van der Waals surface area contributed by atoms with Gasteiger partial charge in [0.25, 0.3) is 0 Å². The van der Waals surface area contributed by atoms with E-state index in [-0.39, 0.29) is 0 Å². The Kier molecular flexibility index (Phi) is 13.8. The number of rotatable bonds is 0. The van der Waals surface area contributed by atoms with Crippen LogP contribution in [-0.2, 0) is 22.5 Å². The first-order chi connectivity index (χ1) is 3.15. The first-order valence-electron chi connectivity index (χ1n) is 0.986. The van der Waals surface area contributed by atoms with Crippen molar-refractivity contribution in [1.29, 1.82) is 0 Å². The van der Waals surface area contributed by atoms with Crippen LogP contribution in [0.3, 0.4) is 0 Å². The van der Waals surface area contributed by atoms with Crippen molar-refractivity contribution in [3.05, 3.63) is 0 Å². The average Bonchev–Trinajstić information content (AvgIpc) is 1.33. The first-order valence-corrected chi connectivity index (χ1v) is 3.00. The summed E-state index contributed by atoms with van der Waals surface area (Å²) >= 11 is -0.354. The van der Waals surface area contributed by atoms with E-state index in [9.17, 15) is 0 Å². The molecule has 0 aliphatic rings. The van der Waals surface area contributed by atoms with Crippen LogP contribution in [0.5, 0.6) is 0 Å². The van der Waals surface area contributed by atoms with E-state index in [4.69, 9.17) is 17.6 Å². The summed E-state index contributed by atoms with van der Waals surface area (Å²) in [6.45, 7) is 0. The molecule has 42 valence electrons. The van der Waals surface area contributed by atoms with Gasteiger partial charge in [-0.15, -0.1) is 0 Å². The van der Waals surface area contributed by atoms with Crippen LogP contribution in [-0.4, -0.2) is 26.7 Å². The van der Waals surface area contributed by atoms with Crippen molar-refractivity contribution < 1.29 is 32.4 Å². The Morgan fingerprint density at radius 1 is 1.57 bits per heavy atom. The van der Waals surface area contributed by atoms with E-state index in [0.29, 0.717) is 0 Å². The van der Waals surface area contributed by atoms with Gasteiger partial charge >= 0.3 is 54.0 Å². The molecule has 0 aromatic rings. The number of carboxylic acid groups (broad SMARTS) is 1. The number of hydrogen-bond acceptors (Lipinski definition) is 3. The van der Waals surface area contributed by atoms with E-state index in [1.807, 2.05) is 0 Å². The fourth-order valence-corrected chi connectivity index (χ4v) is 0. The van der Waals surface area contributed by atoms with Crippen LogP contribution < -0.4 is 0 Å². The Bertz CT molecular complexity index is 79.7. The predicted molar refractivity (Wildman–Crippen MR) is 16.5 cm³/mol. The number of carbonyl (C=O) groups is 1. The van der Waals surface area contributed by atoms with Gasteiger partial charge in [0, 0.05) is 0 Å². The third kappa shape index (κ3) is 4830. The zero-order valence-corrected chi connectivity index (χ0v) is 6.33. The molecule has 4 nitrogen and oxygen atoms in total. The normalized spacial score (nSPS) is 5.29. The van der Waals surface area contributed by atoms with E-state index in [1.54, 1.807) is 0 Å².